The molecule has 0 heterocycles. The molecule has 1 aromatic carbocycles. The Bertz CT molecular complexity index is 404. The third-order valence-electron chi connectivity index (χ3n) is 2.84. The lowest BCUT2D eigenvalue weighted by atomic mass is 9.87. The fraction of sp³-hybridized carbons (Fsp3) is 0.462. The van der Waals surface area contributed by atoms with Crippen LogP contribution in [0.5, 0.6) is 0 Å². The summed E-state index contributed by atoms with van der Waals surface area (Å²) in [6, 6.07) is 7.60. The van der Waals surface area contributed by atoms with Gasteiger partial charge >= 0.3 is 5.97 Å². The number of carboxylic acid groups (broad SMARTS) is 1. The Morgan fingerprint density at radius 1 is 1.47 bits per heavy atom. The van der Waals surface area contributed by atoms with Crippen molar-refractivity contribution < 1.29 is 9.90 Å². The molecule has 94 valence electrons. The highest BCUT2D eigenvalue weighted by Gasteiger charge is 2.28. The lowest BCUT2D eigenvalue weighted by molar-refractivity contribution is -0.147. The number of aliphatic carboxylic acids is 1. The van der Waals surface area contributed by atoms with Crippen LogP contribution in [-0.2, 0) is 4.79 Å². The number of hydrogen-bond donors (Lipinski definition) is 1. The highest BCUT2D eigenvalue weighted by atomic mass is 79.9. The van der Waals surface area contributed by atoms with Gasteiger partial charge in [0.2, 0.25) is 0 Å². The summed E-state index contributed by atoms with van der Waals surface area (Å²) in [6.07, 6.45) is 1.34. The molecule has 0 amide bonds. The number of halogens is 2. The Balaban J connectivity index is 2.65. The molecule has 0 saturated carbocycles. The molecule has 1 N–H and O–H groups in total. The van der Waals surface area contributed by atoms with Crippen molar-refractivity contribution in [2.75, 3.05) is 0 Å². The topological polar surface area (TPSA) is 37.3 Å². The van der Waals surface area contributed by atoms with Crippen molar-refractivity contribution >= 4 is 33.5 Å². The maximum atomic E-state index is 11.0. The molecule has 0 aliphatic heterocycles. The normalized spacial score (nSPS) is 13.4. The molecule has 0 spiro atoms. The highest BCUT2D eigenvalue weighted by Crippen LogP contribution is 2.36. The maximum Gasteiger partial charge on any atom is 0.309 e. The van der Waals surface area contributed by atoms with Crippen LogP contribution in [-0.4, -0.2) is 11.1 Å². The summed E-state index contributed by atoms with van der Waals surface area (Å²) in [4.78, 5) is 11.1. The van der Waals surface area contributed by atoms with Crippen molar-refractivity contribution in [3.05, 3.63) is 34.9 Å². The average Bonchev–Trinajstić information content (AvgIpc) is 2.26. The molecular formula is C13H16BrClO2. The fourth-order valence-electron chi connectivity index (χ4n) is 1.48. The van der Waals surface area contributed by atoms with Crippen molar-refractivity contribution in [3.63, 3.8) is 0 Å². The molecule has 0 bridgehead atoms. The summed E-state index contributed by atoms with van der Waals surface area (Å²) in [7, 11) is 0. The Labute approximate surface area is 115 Å². The van der Waals surface area contributed by atoms with E-state index in [0.29, 0.717) is 11.4 Å². The Hall–Kier alpha value is -0.540. The van der Waals surface area contributed by atoms with E-state index in [4.69, 9.17) is 16.7 Å². The summed E-state index contributed by atoms with van der Waals surface area (Å²) < 4.78 is 0. The standard InChI is InChI=1S/C13H16BrClO2/c1-13(2,12(16)17)8-7-10(14)9-5-3-4-6-11(9)15/h3-6,10H,7-8H2,1-2H3,(H,16,17). The van der Waals surface area contributed by atoms with Crippen LogP contribution >= 0.6 is 27.5 Å². The summed E-state index contributed by atoms with van der Waals surface area (Å²) in [5.41, 5.74) is 0.308. The van der Waals surface area contributed by atoms with Crippen LogP contribution < -0.4 is 0 Å². The van der Waals surface area contributed by atoms with E-state index >= 15 is 0 Å². The van der Waals surface area contributed by atoms with E-state index in [2.05, 4.69) is 15.9 Å². The number of alkyl halides is 1. The van der Waals surface area contributed by atoms with Gasteiger partial charge in [0.05, 0.1) is 5.41 Å². The van der Waals surface area contributed by atoms with Gasteiger partial charge in [0.25, 0.3) is 0 Å². The minimum absolute atomic E-state index is 0.0924. The second-order valence-corrected chi connectivity index (χ2v) is 6.23. The smallest absolute Gasteiger partial charge is 0.309 e. The van der Waals surface area contributed by atoms with E-state index in [1.54, 1.807) is 13.8 Å². The highest BCUT2D eigenvalue weighted by molar-refractivity contribution is 9.09. The molecule has 0 fully saturated rings. The quantitative estimate of drug-likeness (QED) is 0.801. The summed E-state index contributed by atoms with van der Waals surface area (Å²) in [6.45, 7) is 3.48. The molecule has 4 heteroatoms. The first-order valence-corrected chi connectivity index (χ1v) is 6.76. The molecular weight excluding hydrogens is 303 g/mol. The molecule has 17 heavy (non-hydrogen) atoms. The predicted octanol–water partition coefficient (Wildman–Crippen LogP) is 4.67. The van der Waals surface area contributed by atoms with Crippen LogP contribution in [0.3, 0.4) is 0 Å². The van der Waals surface area contributed by atoms with Gasteiger partial charge in [0, 0.05) is 9.85 Å². The number of carbonyl (C=O) groups is 1. The maximum absolute atomic E-state index is 11.0. The van der Waals surface area contributed by atoms with Gasteiger partial charge in [0.15, 0.2) is 0 Å². The predicted molar refractivity (Wildman–Crippen MR) is 73.8 cm³/mol. The second kappa shape index (κ2) is 5.87. The average molecular weight is 320 g/mol. The number of carboxylic acids is 1. The first-order chi connectivity index (χ1) is 7.84. The van der Waals surface area contributed by atoms with Crippen molar-refractivity contribution in [3.8, 4) is 0 Å². The summed E-state index contributed by atoms with van der Waals surface area (Å²) in [5, 5.41) is 9.75. The first-order valence-electron chi connectivity index (χ1n) is 5.46. The molecule has 0 aromatic heterocycles. The molecule has 0 aliphatic carbocycles. The SMILES string of the molecule is CC(C)(CCC(Br)c1ccccc1Cl)C(=O)O. The van der Waals surface area contributed by atoms with Gasteiger partial charge in [0.1, 0.15) is 0 Å². The Morgan fingerprint density at radius 2 is 2.06 bits per heavy atom. The van der Waals surface area contributed by atoms with Gasteiger partial charge in [-0.1, -0.05) is 45.7 Å². The van der Waals surface area contributed by atoms with Crippen LogP contribution in [0.25, 0.3) is 0 Å². The van der Waals surface area contributed by atoms with E-state index in [9.17, 15) is 4.79 Å². The molecule has 0 radical (unpaired) electrons. The van der Waals surface area contributed by atoms with Crippen molar-refractivity contribution in [1.82, 2.24) is 0 Å². The van der Waals surface area contributed by atoms with E-state index < -0.39 is 11.4 Å². The minimum atomic E-state index is -0.767. The minimum Gasteiger partial charge on any atom is -0.481 e. The number of hydrogen-bond acceptors (Lipinski definition) is 1. The lowest BCUT2D eigenvalue weighted by Crippen LogP contribution is -2.23. The molecule has 2 nitrogen and oxygen atoms in total. The van der Waals surface area contributed by atoms with Crippen LogP contribution in [0, 0.1) is 5.41 Å². The molecule has 0 saturated heterocycles. The Morgan fingerprint density at radius 3 is 2.59 bits per heavy atom. The van der Waals surface area contributed by atoms with Gasteiger partial charge in [-0.05, 0) is 38.3 Å². The van der Waals surface area contributed by atoms with Crippen molar-refractivity contribution in [2.45, 2.75) is 31.5 Å². The van der Waals surface area contributed by atoms with Gasteiger partial charge in [-0.15, -0.1) is 0 Å². The van der Waals surface area contributed by atoms with Crippen molar-refractivity contribution in [1.29, 1.82) is 0 Å². The molecule has 0 aliphatic rings. The first kappa shape index (κ1) is 14.5. The summed E-state index contributed by atoms with van der Waals surface area (Å²) in [5.74, 6) is -0.767. The lowest BCUT2D eigenvalue weighted by Gasteiger charge is -2.21. The zero-order chi connectivity index (χ0) is 13.1. The third-order valence-corrected chi connectivity index (χ3v) is 4.14. The summed E-state index contributed by atoms with van der Waals surface area (Å²) >= 11 is 9.65. The van der Waals surface area contributed by atoms with Crippen LogP contribution in [0.15, 0.2) is 24.3 Å². The van der Waals surface area contributed by atoms with Crippen molar-refractivity contribution in [2.24, 2.45) is 5.41 Å². The van der Waals surface area contributed by atoms with Gasteiger partial charge < -0.3 is 5.11 Å². The number of benzene rings is 1. The monoisotopic (exact) mass is 318 g/mol. The van der Waals surface area contributed by atoms with E-state index in [1.165, 1.54) is 0 Å². The third kappa shape index (κ3) is 4.00. The van der Waals surface area contributed by atoms with Gasteiger partial charge in [-0.25, -0.2) is 0 Å². The molecule has 1 aromatic rings. The van der Waals surface area contributed by atoms with Gasteiger partial charge in [-0.2, -0.15) is 0 Å². The van der Waals surface area contributed by atoms with Crippen LogP contribution in [0.2, 0.25) is 5.02 Å². The molecule has 1 atom stereocenters. The molecule has 1 rings (SSSR count). The van der Waals surface area contributed by atoms with Gasteiger partial charge in [-0.3, -0.25) is 4.79 Å². The zero-order valence-corrected chi connectivity index (χ0v) is 12.3. The second-order valence-electron chi connectivity index (χ2n) is 4.72. The number of rotatable bonds is 5. The largest absolute Gasteiger partial charge is 0.481 e. The van der Waals surface area contributed by atoms with E-state index in [0.717, 1.165) is 12.0 Å². The molecule has 1 unspecified atom stereocenters. The van der Waals surface area contributed by atoms with Crippen LogP contribution in [0.1, 0.15) is 37.1 Å². The van der Waals surface area contributed by atoms with E-state index in [1.807, 2.05) is 24.3 Å². The zero-order valence-electron chi connectivity index (χ0n) is 9.91. The Kier molecular flexibility index (Phi) is 5.02. The fourth-order valence-corrected chi connectivity index (χ4v) is 2.51. The van der Waals surface area contributed by atoms with Crippen LogP contribution in [0.4, 0.5) is 0 Å². The van der Waals surface area contributed by atoms with E-state index in [-0.39, 0.29) is 4.83 Å².